The van der Waals surface area contributed by atoms with Gasteiger partial charge in [-0.2, -0.15) is 4.31 Å². The Morgan fingerprint density at radius 1 is 1.32 bits per heavy atom. The Morgan fingerprint density at radius 3 is 2.68 bits per heavy atom. The van der Waals surface area contributed by atoms with Gasteiger partial charge in [-0.15, -0.1) is 0 Å². The van der Waals surface area contributed by atoms with Crippen molar-refractivity contribution >= 4 is 33.2 Å². The van der Waals surface area contributed by atoms with Crippen LogP contribution in [0.15, 0.2) is 18.2 Å². The van der Waals surface area contributed by atoms with Crippen LogP contribution in [0.4, 0.5) is 0 Å². The van der Waals surface area contributed by atoms with Crippen molar-refractivity contribution in [1.29, 1.82) is 0 Å². The summed E-state index contributed by atoms with van der Waals surface area (Å²) >= 11 is 11.7. The lowest BCUT2D eigenvalue weighted by Gasteiger charge is -2.22. The highest BCUT2D eigenvalue weighted by molar-refractivity contribution is 7.88. The minimum Gasteiger partial charge on any atom is -0.329 e. The lowest BCUT2D eigenvalue weighted by atomic mass is 10.2. The van der Waals surface area contributed by atoms with Crippen molar-refractivity contribution in [3.8, 4) is 0 Å². The van der Waals surface area contributed by atoms with Crippen molar-refractivity contribution < 1.29 is 8.42 Å². The fraction of sp³-hybridized carbons (Fsp3) is 0.500. The first-order valence-corrected chi connectivity index (χ1v) is 8.44. The van der Waals surface area contributed by atoms with Gasteiger partial charge >= 0.3 is 0 Å². The lowest BCUT2D eigenvalue weighted by molar-refractivity contribution is 0.392. The zero-order valence-corrected chi connectivity index (χ0v) is 12.7. The molecule has 1 aliphatic heterocycles. The molecule has 1 aromatic rings. The molecule has 2 N–H and O–H groups in total. The van der Waals surface area contributed by atoms with Gasteiger partial charge in [-0.25, -0.2) is 8.42 Å². The molecular weight excluding hydrogens is 307 g/mol. The Kier molecular flexibility index (Phi) is 4.74. The summed E-state index contributed by atoms with van der Waals surface area (Å²) in [6.45, 7) is 0.909. The van der Waals surface area contributed by atoms with Gasteiger partial charge < -0.3 is 5.73 Å². The number of benzene rings is 1. The van der Waals surface area contributed by atoms with Gasteiger partial charge in [0.05, 0.1) is 15.8 Å². The van der Waals surface area contributed by atoms with E-state index in [1.807, 2.05) is 0 Å². The molecule has 0 aliphatic carbocycles. The normalized spacial score (nSPS) is 20.9. The number of rotatable bonds is 4. The van der Waals surface area contributed by atoms with Gasteiger partial charge in [-0.3, -0.25) is 0 Å². The monoisotopic (exact) mass is 322 g/mol. The van der Waals surface area contributed by atoms with Crippen molar-refractivity contribution in [2.24, 2.45) is 5.73 Å². The van der Waals surface area contributed by atoms with Crippen molar-refractivity contribution in [2.45, 2.75) is 24.6 Å². The predicted molar refractivity (Wildman–Crippen MR) is 77.9 cm³/mol. The maximum absolute atomic E-state index is 12.4. The molecule has 2 rings (SSSR count). The number of hydrogen-bond donors (Lipinski definition) is 1. The molecule has 1 fully saturated rings. The van der Waals surface area contributed by atoms with Crippen molar-refractivity contribution in [3.63, 3.8) is 0 Å². The van der Waals surface area contributed by atoms with E-state index in [0.717, 1.165) is 12.8 Å². The molecule has 0 radical (unpaired) electrons. The van der Waals surface area contributed by atoms with Gasteiger partial charge in [0.1, 0.15) is 0 Å². The van der Waals surface area contributed by atoms with Crippen LogP contribution in [0.3, 0.4) is 0 Å². The SMILES string of the molecule is NC[C@@H]1CCCN1S(=O)(=O)Cc1ccc(Cl)c(Cl)c1. The summed E-state index contributed by atoms with van der Waals surface area (Å²) in [5.74, 6) is -0.0691. The van der Waals surface area contributed by atoms with Crippen molar-refractivity contribution in [3.05, 3.63) is 33.8 Å². The first-order valence-electron chi connectivity index (χ1n) is 6.07. The van der Waals surface area contributed by atoms with E-state index in [4.69, 9.17) is 28.9 Å². The van der Waals surface area contributed by atoms with E-state index in [1.165, 1.54) is 4.31 Å². The van der Waals surface area contributed by atoms with Crippen LogP contribution in [-0.4, -0.2) is 31.9 Å². The van der Waals surface area contributed by atoms with E-state index < -0.39 is 10.0 Å². The second-order valence-electron chi connectivity index (χ2n) is 4.65. The highest BCUT2D eigenvalue weighted by Crippen LogP contribution is 2.26. The molecule has 0 saturated carbocycles. The van der Waals surface area contributed by atoms with E-state index in [9.17, 15) is 8.42 Å². The minimum atomic E-state index is -3.35. The molecule has 106 valence electrons. The van der Waals surface area contributed by atoms with E-state index in [2.05, 4.69) is 0 Å². The second kappa shape index (κ2) is 5.97. The van der Waals surface area contributed by atoms with Crippen LogP contribution in [0, 0.1) is 0 Å². The Hall–Kier alpha value is -0.330. The van der Waals surface area contributed by atoms with E-state index in [0.29, 0.717) is 28.7 Å². The number of halogens is 2. The summed E-state index contributed by atoms with van der Waals surface area (Å²) in [4.78, 5) is 0. The molecule has 1 aliphatic rings. The van der Waals surface area contributed by atoms with Gasteiger partial charge in [0.15, 0.2) is 0 Å². The molecule has 0 bridgehead atoms. The molecule has 0 unspecified atom stereocenters. The van der Waals surface area contributed by atoms with Gasteiger partial charge in [0.25, 0.3) is 0 Å². The maximum Gasteiger partial charge on any atom is 0.218 e. The highest BCUT2D eigenvalue weighted by Gasteiger charge is 2.33. The quantitative estimate of drug-likeness (QED) is 0.924. The van der Waals surface area contributed by atoms with Crippen LogP contribution in [0.25, 0.3) is 0 Å². The molecule has 0 aromatic heterocycles. The molecule has 1 atom stereocenters. The first-order chi connectivity index (χ1) is 8.94. The van der Waals surface area contributed by atoms with E-state index in [-0.39, 0.29) is 11.8 Å². The Labute approximate surface area is 123 Å². The lowest BCUT2D eigenvalue weighted by Crippen LogP contribution is -2.40. The highest BCUT2D eigenvalue weighted by atomic mass is 35.5. The van der Waals surface area contributed by atoms with Crippen LogP contribution in [0.1, 0.15) is 18.4 Å². The third-order valence-electron chi connectivity index (χ3n) is 3.29. The third-order valence-corrected chi connectivity index (χ3v) is 5.92. The van der Waals surface area contributed by atoms with Crippen molar-refractivity contribution in [1.82, 2.24) is 4.31 Å². The molecule has 0 spiro atoms. The summed E-state index contributed by atoms with van der Waals surface area (Å²) in [6.07, 6.45) is 1.69. The first kappa shape index (κ1) is 15.1. The van der Waals surface area contributed by atoms with E-state index >= 15 is 0 Å². The Bertz CT molecular complexity index is 563. The number of nitrogens with zero attached hydrogens (tertiary/aromatic N) is 1. The summed E-state index contributed by atoms with van der Waals surface area (Å²) in [5, 5.41) is 0.787. The van der Waals surface area contributed by atoms with Crippen LogP contribution >= 0.6 is 23.2 Å². The topological polar surface area (TPSA) is 63.4 Å². The average molecular weight is 323 g/mol. The Balaban J connectivity index is 2.19. The number of sulfonamides is 1. The Morgan fingerprint density at radius 2 is 2.05 bits per heavy atom. The fourth-order valence-electron chi connectivity index (χ4n) is 2.33. The fourth-order valence-corrected chi connectivity index (χ4v) is 4.47. The molecule has 7 heteroatoms. The number of hydrogen-bond acceptors (Lipinski definition) is 3. The van der Waals surface area contributed by atoms with Gasteiger partial charge in [0, 0.05) is 19.1 Å². The molecule has 1 aromatic carbocycles. The van der Waals surface area contributed by atoms with Crippen LogP contribution in [-0.2, 0) is 15.8 Å². The second-order valence-corrected chi connectivity index (χ2v) is 7.38. The molecule has 1 heterocycles. The standard InChI is InChI=1S/C12H16Cl2N2O2S/c13-11-4-3-9(6-12(11)14)8-19(17,18)16-5-1-2-10(16)7-15/h3-4,6,10H,1-2,5,7-8,15H2/t10-/m0/s1. The summed E-state index contributed by atoms with van der Waals surface area (Å²) in [6, 6.07) is 4.81. The van der Waals surface area contributed by atoms with Crippen molar-refractivity contribution in [2.75, 3.05) is 13.1 Å². The zero-order valence-electron chi connectivity index (χ0n) is 10.4. The smallest absolute Gasteiger partial charge is 0.218 e. The van der Waals surface area contributed by atoms with Crippen LogP contribution < -0.4 is 5.73 Å². The number of nitrogens with two attached hydrogens (primary N) is 1. The summed E-state index contributed by atoms with van der Waals surface area (Å²) in [7, 11) is -3.35. The third kappa shape index (κ3) is 3.41. The predicted octanol–water partition coefficient (Wildman–Crippen LogP) is 2.25. The zero-order chi connectivity index (χ0) is 14.0. The van der Waals surface area contributed by atoms with Gasteiger partial charge in [0.2, 0.25) is 10.0 Å². The minimum absolute atomic E-state index is 0.0691. The summed E-state index contributed by atoms with van der Waals surface area (Å²) in [5.41, 5.74) is 6.25. The van der Waals surface area contributed by atoms with Gasteiger partial charge in [-0.1, -0.05) is 29.3 Å². The maximum atomic E-state index is 12.4. The molecule has 4 nitrogen and oxygen atoms in total. The van der Waals surface area contributed by atoms with Crippen LogP contribution in [0.2, 0.25) is 10.0 Å². The molecule has 1 saturated heterocycles. The summed E-state index contributed by atoms with van der Waals surface area (Å²) < 4.78 is 26.2. The molecule has 19 heavy (non-hydrogen) atoms. The van der Waals surface area contributed by atoms with Gasteiger partial charge in [-0.05, 0) is 30.5 Å². The molecule has 0 amide bonds. The average Bonchev–Trinajstić information content (AvgIpc) is 2.82. The molecular formula is C12H16Cl2N2O2S. The van der Waals surface area contributed by atoms with E-state index in [1.54, 1.807) is 18.2 Å². The van der Waals surface area contributed by atoms with Crippen LogP contribution in [0.5, 0.6) is 0 Å². The largest absolute Gasteiger partial charge is 0.329 e.